The molecule has 1 rings (SSSR count). The van der Waals surface area contributed by atoms with Crippen molar-refractivity contribution in [2.75, 3.05) is 32.8 Å². The molecule has 0 spiro atoms. The summed E-state index contributed by atoms with van der Waals surface area (Å²) < 4.78 is 15.9. The van der Waals surface area contributed by atoms with E-state index in [0.29, 0.717) is 36.9 Å². The van der Waals surface area contributed by atoms with Gasteiger partial charge in [0, 0.05) is 20.3 Å². The fourth-order valence-electron chi connectivity index (χ4n) is 2.26. The van der Waals surface area contributed by atoms with E-state index in [1.165, 1.54) is 0 Å². The summed E-state index contributed by atoms with van der Waals surface area (Å²) in [4.78, 5) is 16.9. The quantitative estimate of drug-likeness (QED) is 0.627. The molecule has 6 nitrogen and oxygen atoms in total. The normalized spacial score (nSPS) is 13.4. The highest BCUT2D eigenvalue weighted by atomic mass is 16.5. The second-order valence-corrected chi connectivity index (χ2v) is 5.97. The third-order valence-corrected chi connectivity index (χ3v) is 4.03. The first-order chi connectivity index (χ1) is 11.5. The Morgan fingerprint density at radius 2 is 2.00 bits per heavy atom. The number of hydrogen-bond donors (Lipinski definition) is 1. The number of nitrogens with zero attached hydrogens (tertiary/aromatic N) is 1. The second kappa shape index (κ2) is 10.3. The van der Waals surface area contributed by atoms with Crippen LogP contribution >= 0.6 is 0 Å². The summed E-state index contributed by atoms with van der Waals surface area (Å²) in [5.41, 5.74) is 0.526. The molecule has 1 atom stereocenters. The number of methoxy groups -OCH3 is 2. The summed E-state index contributed by atoms with van der Waals surface area (Å²) in [6, 6.07) is 3.53. The Labute approximate surface area is 144 Å². The van der Waals surface area contributed by atoms with Crippen LogP contribution in [0.15, 0.2) is 12.1 Å². The Kier molecular flexibility index (Phi) is 8.71. The van der Waals surface area contributed by atoms with Gasteiger partial charge in [-0.3, -0.25) is 4.79 Å². The molecule has 0 bridgehead atoms. The largest absolute Gasteiger partial charge is 0.475 e. The number of aromatic nitrogens is 1. The number of carbonyl (C=O) groups is 1. The summed E-state index contributed by atoms with van der Waals surface area (Å²) in [6.07, 6.45) is 3.83. The molecule has 6 heteroatoms. The van der Waals surface area contributed by atoms with E-state index in [9.17, 15) is 4.79 Å². The van der Waals surface area contributed by atoms with Crippen LogP contribution < -0.4 is 10.1 Å². The Hall–Kier alpha value is -1.66. The molecule has 1 aromatic heterocycles. The van der Waals surface area contributed by atoms with Crippen LogP contribution in [0.2, 0.25) is 0 Å². The summed E-state index contributed by atoms with van der Waals surface area (Å²) in [5.74, 6) is 0.360. The van der Waals surface area contributed by atoms with Gasteiger partial charge in [-0.05, 0) is 26.3 Å². The van der Waals surface area contributed by atoms with Gasteiger partial charge in [-0.15, -0.1) is 0 Å². The number of carbonyl (C=O) groups excluding carboxylic acids is 1. The molecule has 0 aliphatic rings. The molecular formula is C18H30N2O4. The molecule has 1 amide bonds. The number of hydrogen-bond acceptors (Lipinski definition) is 5. The molecule has 0 unspecified atom stereocenters. The molecule has 1 heterocycles. The molecule has 24 heavy (non-hydrogen) atoms. The first kappa shape index (κ1) is 20.4. The number of aryl methyl sites for hydroxylation is 1. The number of rotatable bonds is 11. The van der Waals surface area contributed by atoms with Crippen LogP contribution in [0.25, 0.3) is 0 Å². The molecule has 0 aliphatic carbocycles. The van der Waals surface area contributed by atoms with E-state index >= 15 is 0 Å². The Balaban J connectivity index is 2.71. The average molecular weight is 338 g/mol. The number of pyridine rings is 1. The van der Waals surface area contributed by atoms with Crippen LogP contribution in [0.1, 0.15) is 45.2 Å². The van der Waals surface area contributed by atoms with E-state index in [1.54, 1.807) is 26.4 Å². The van der Waals surface area contributed by atoms with E-state index in [1.807, 2.05) is 13.8 Å². The number of ether oxygens (including phenoxy) is 3. The minimum atomic E-state index is -0.838. The third-order valence-electron chi connectivity index (χ3n) is 4.03. The van der Waals surface area contributed by atoms with Gasteiger partial charge in [0.05, 0.1) is 18.0 Å². The van der Waals surface area contributed by atoms with Gasteiger partial charge in [0.2, 0.25) is 5.88 Å². The number of anilines is 1. The van der Waals surface area contributed by atoms with Crippen molar-refractivity contribution in [1.82, 2.24) is 4.98 Å². The highest BCUT2D eigenvalue weighted by Gasteiger charge is 2.32. The van der Waals surface area contributed by atoms with Crippen LogP contribution in [-0.2, 0) is 14.3 Å². The topological polar surface area (TPSA) is 69.7 Å². The molecule has 0 saturated heterocycles. The van der Waals surface area contributed by atoms with E-state index < -0.39 is 5.60 Å². The molecule has 1 N–H and O–H groups in total. The smallest absolute Gasteiger partial charge is 0.256 e. The van der Waals surface area contributed by atoms with Gasteiger partial charge in [0.25, 0.3) is 5.91 Å². The summed E-state index contributed by atoms with van der Waals surface area (Å²) >= 11 is 0. The van der Waals surface area contributed by atoms with E-state index in [0.717, 1.165) is 19.3 Å². The lowest BCUT2D eigenvalue weighted by Gasteiger charge is -2.27. The predicted molar refractivity (Wildman–Crippen MR) is 94.5 cm³/mol. The molecule has 0 aliphatic heterocycles. The van der Waals surface area contributed by atoms with Crippen molar-refractivity contribution in [2.45, 2.75) is 52.1 Å². The van der Waals surface area contributed by atoms with Gasteiger partial charge in [-0.2, -0.15) is 0 Å². The van der Waals surface area contributed by atoms with E-state index in [2.05, 4.69) is 17.2 Å². The van der Waals surface area contributed by atoms with Crippen LogP contribution in [0.4, 0.5) is 5.69 Å². The maximum atomic E-state index is 12.6. The lowest BCUT2D eigenvalue weighted by Crippen LogP contribution is -2.42. The maximum absolute atomic E-state index is 12.6. The van der Waals surface area contributed by atoms with Gasteiger partial charge < -0.3 is 19.5 Å². The Morgan fingerprint density at radius 3 is 2.58 bits per heavy atom. The summed E-state index contributed by atoms with van der Waals surface area (Å²) in [5, 5.41) is 2.92. The zero-order valence-corrected chi connectivity index (χ0v) is 15.5. The molecule has 0 radical (unpaired) electrons. The van der Waals surface area contributed by atoms with Crippen molar-refractivity contribution in [3.63, 3.8) is 0 Å². The summed E-state index contributed by atoms with van der Waals surface area (Å²) in [6.45, 7) is 6.73. The van der Waals surface area contributed by atoms with Gasteiger partial charge in [0.15, 0.2) is 0 Å². The first-order valence-electron chi connectivity index (χ1n) is 8.42. The highest BCUT2D eigenvalue weighted by molar-refractivity contribution is 5.97. The monoisotopic (exact) mass is 338 g/mol. The third kappa shape index (κ3) is 6.09. The van der Waals surface area contributed by atoms with Crippen molar-refractivity contribution >= 4 is 11.6 Å². The predicted octanol–water partition coefficient (Wildman–Crippen LogP) is 3.34. The number of nitrogens with one attached hydrogen (secondary N) is 1. The fraction of sp³-hybridized carbons (Fsp3) is 0.667. The molecule has 0 aromatic carbocycles. The van der Waals surface area contributed by atoms with Crippen molar-refractivity contribution in [3.05, 3.63) is 17.8 Å². The number of amides is 1. The average Bonchev–Trinajstić information content (AvgIpc) is 2.57. The zero-order valence-electron chi connectivity index (χ0n) is 15.5. The van der Waals surface area contributed by atoms with Crippen molar-refractivity contribution in [1.29, 1.82) is 0 Å². The first-order valence-corrected chi connectivity index (χ1v) is 8.42. The van der Waals surface area contributed by atoms with Crippen LogP contribution in [-0.4, -0.2) is 43.9 Å². The molecule has 1 aromatic rings. The fourth-order valence-corrected chi connectivity index (χ4v) is 2.26. The SMILES string of the molecule is CCCCC[C@](C)(OC)C(=O)Nc1ccc(OCCOC)nc1C. The maximum Gasteiger partial charge on any atom is 0.256 e. The van der Waals surface area contributed by atoms with Crippen LogP contribution in [0.3, 0.4) is 0 Å². The standard InChI is InChI=1S/C18H30N2O4/c1-6-7-8-11-18(3,23-5)17(21)20-15-9-10-16(19-14(15)2)24-13-12-22-4/h9-10H,6-8,11-13H2,1-5H3,(H,20,21)/t18-/m0/s1. The Morgan fingerprint density at radius 1 is 1.25 bits per heavy atom. The van der Waals surface area contributed by atoms with Gasteiger partial charge in [-0.1, -0.05) is 26.2 Å². The van der Waals surface area contributed by atoms with E-state index in [-0.39, 0.29) is 5.91 Å². The molecule has 0 saturated carbocycles. The number of unbranched alkanes of at least 4 members (excludes halogenated alkanes) is 2. The molecular weight excluding hydrogens is 308 g/mol. The molecule has 136 valence electrons. The lowest BCUT2D eigenvalue weighted by molar-refractivity contribution is -0.136. The van der Waals surface area contributed by atoms with Gasteiger partial charge in [0.1, 0.15) is 12.2 Å². The zero-order chi connectivity index (χ0) is 18.0. The van der Waals surface area contributed by atoms with Gasteiger partial charge >= 0.3 is 0 Å². The minimum Gasteiger partial charge on any atom is -0.475 e. The van der Waals surface area contributed by atoms with Crippen molar-refractivity contribution in [3.8, 4) is 5.88 Å². The Bertz CT molecular complexity index is 522. The van der Waals surface area contributed by atoms with E-state index in [4.69, 9.17) is 14.2 Å². The van der Waals surface area contributed by atoms with Crippen molar-refractivity contribution < 1.29 is 19.0 Å². The second-order valence-electron chi connectivity index (χ2n) is 5.97. The minimum absolute atomic E-state index is 0.154. The lowest BCUT2D eigenvalue weighted by atomic mass is 9.97. The summed E-state index contributed by atoms with van der Waals surface area (Å²) in [7, 11) is 3.19. The van der Waals surface area contributed by atoms with Gasteiger partial charge in [-0.25, -0.2) is 4.98 Å². The van der Waals surface area contributed by atoms with Crippen LogP contribution in [0, 0.1) is 6.92 Å². The van der Waals surface area contributed by atoms with Crippen LogP contribution in [0.5, 0.6) is 5.88 Å². The molecule has 0 fully saturated rings. The van der Waals surface area contributed by atoms with Crippen molar-refractivity contribution in [2.24, 2.45) is 0 Å². The highest BCUT2D eigenvalue weighted by Crippen LogP contribution is 2.23.